The SMILES string of the molecule is CC1=CCC(NC(=O)c2ccnc(C(F)(F)F)c2)C=C1n1cc(-c2cncc(N3CCN(C)CC3)c2)nn1. The van der Waals surface area contributed by atoms with Crippen molar-refractivity contribution in [2.45, 2.75) is 25.6 Å². The van der Waals surface area contributed by atoms with E-state index in [9.17, 15) is 18.0 Å². The third-order valence-electron chi connectivity index (χ3n) is 6.70. The molecule has 4 heterocycles. The van der Waals surface area contributed by atoms with Gasteiger partial charge in [-0.1, -0.05) is 11.3 Å². The van der Waals surface area contributed by atoms with E-state index in [4.69, 9.17) is 0 Å². The lowest BCUT2D eigenvalue weighted by Crippen LogP contribution is -2.44. The fraction of sp³-hybridized carbons (Fsp3) is 0.346. The van der Waals surface area contributed by atoms with Crippen LogP contribution < -0.4 is 10.2 Å². The van der Waals surface area contributed by atoms with E-state index >= 15 is 0 Å². The highest BCUT2D eigenvalue weighted by Crippen LogP contribution is 2.29. The van der Waals surface area contributed by atoms with Crippen LogP contribution >= 0.6 is 0 Å². The first kappa shape index (κ1) is 25.6. The van der Waals surface area contributed by atoms with Crippen molar-refractivity contribution in [3.8, 4) is 11.3 Å². The summed E-state index contributed by atoms with van der Waals surface area (Å²) in [6.45, 7) is 5.76. The molecule has 1 unspecified atom stereocenters. The maximum absolute atomic E-state index is 13.0. The molecule has 1 fully saturated rings. The van der Waals surface area contributed by atoms with Gasteiger partial charge in [-0.3, -0.25) is 14.8 Å². The molecule has 5 rings (SSSR count). The van der Waals surface area contributed by atoms with E-state index in [-0.39, 0.29) is 5.56 Å². The van der Waals surface area contributed by atoms with E-state index in [1.165, 1.54) is 6.07 Å². The molecule has 1 aliphatic heterocycles. The Morgan fingerprint density at radius 1 is 1.13 bits per heavy atom. The molecule has 3 aromatic heterocycles. The third kappa shape index (κ3) is 5.59. The van der Waals surface area contributed by atoms with Crippen LogP contribution in [-0.2, 0) is 6.18 Å². The summed E-state index contributed by atoms with van der Waals surface area (Å²) < 4.78 is 40.6. The lowest BCUT2D eigenvalue weighted by atomic mass is 10.0. The minimum Gasteiger partial charge on any atom is -0.368 e. The number of nitrogens with one attached hydrogen (secondary N) is 1. The molecule has 1 saturated heterocycles. The zero-order valence-electron chi connectivity index (χ0n) is 21.0. The van der Waals surface area contributed by atoms with Gasteiger partial charge in [0.15, 0.2) is 0 Å². The number of nitrogens with zero attached hydrogens (tertiary/aromatic N) is 7. The Hall–Kier alpha value is -4.06. The molecule has 3 aromatic rings. The van der Waals surface area contributed by atoms with E-state index in [0.29, 0.717) is 12.1 Å². The van der Waals surface area contributed by atoms with Crippen LogP contribution in [-0.4, -0.2) is 75.0 Å². The van der Waals surface area contributed by atoms with Crippen molar-refractivity contribution in [2.75, 3.05) is 38.1 Å². The van der Waals surface area contributed by atoms with Crippen molar-refractivity contribution >= 4 is 17.3 Å². The number of likely N-dealkylation sites (N-methyl/N-ethyl adjacent to an activating group) is 1. The van der Waals surface area contributed by atoms with Gasteiger partial charge in [-0.05, 0) is 50.2 Å². The lowest BCUT2D eigenvalue weighted by molar-refractivity contribution is -0.141. The van der Waals surface area contributed by atoms with Gasteiger partial charge >= 0.3 is 6.18 Å². The summed E-state index contributed by atoms with van der Waals surface area (Å²) in [7, 11) is 2.11. The fourth-order valence-electron chi connectivity index (χ4n) is 4.45. The summed E-state index contributed by atoms with van der Waals surface area (Å²) in [6, 6.07) is 3.63. The summed E-state index contributed by atoms with van der Waals surface area (Å²) in [5.41, 5.74) is 2.99. The minimum absolute atomic E-state index is 0.107. The summed E-state index contributed by atoms with van der Waals surface area (Å²) in [5, 5.41) is 11.4. The monoisotopic (exact) mass is 524 g/mol. The summed E-state index contributed by atoms with van der Waals surface area (Å²) in [5.74, 6) is -0.613. The van der Waals surface area contributed by atoms with E-state index in [0.717, 1.165) is 61.0 Å². The van der Waals surface area contributed by atoms with Crippen molar-refractivity contribution in [1.82, 2.24) is 35.2 Å². The molecule has 1 amide bonds. The predicted octanol–water partition coefficient (Wildman–Crippen LogP) is 3.50. The number of aromatic nitrogens is 5. The Morgan fingerprint density at radius 3 is 2.68 bits per heavy atom. The second-order valence-electron chi connectivity index (χ2n) is 9.45. The van der Waals surface area contributed by atoms with E-state index in [2.05, 4.69) is 48.5 Å². The van der Waals surface area contributed by atoms with Gasteiger partial charge in [0.05, 0.1) is 29.8 Å². The van der Waals surface area contributed by atoms with Crippen LogP contribution in [0.5, 0.6) is 0 Å². The number of pyridine rings is 2. The second kappa shape index (κ2) is 10.4. The number of hydrogen-bond acceptors (Lipinski definition) is 7. The maximum Gasteiger partial charge on any atom is 0.433 e. The molecule has 1 N–H and O–H groups in total. The van der Waals surface area contributed by atoms with E-state index in [1.807, 2.05) is 25.3 Å². The van der Waals surface area contributed by atoms with Crippen molar-refractivity contribution in [3.63, 3.8) is 0 Å². The zero-order valence-corrected chi connectivity index (χ0v) is 21.0. The van der Waals surface area contributed by atoms with Gasteiger partial charge < -0.3 is 15.1 Å². The first-order chi connectivity index (χ1) is 18.2. The van der Waals surface area contributed by atoms with Crippen LogP contribution in [0.3, 0.4) is 0 Å². The van der Waals surface area contributed by atoms with Crippen molar-refractivity contribution in [2.24, 2.45) is 0 Å². The van der Waals surface area contributed by atoms with E-state index in [1.54, 1.807) is 17.1 Å². The molecule has 0 spiro atoms. The quantitative estimate of drug-likeness (QED) is 0.546. The van der Waals surface area contributed by atoms with Gasteiger partial charge in [0.1, 0.15) is 11.4 Å². The number of carbonyl (C=O) groups excluding carboxylic acids is 1. The van der Waals surface area contributed by atoms with Gasteiger partial charge in [-0.25, -0.2) is 4.68 Å². The Labute approximate surface area is 217 Å². The number of carbonyl (C=O) groups is 1. The number of hydrogen-bond donors (Lipinski definition) is 1. The molecule has 1 aliphatic carbocycles. The van der Waals surface area contributed by atoms with Crippen LogP contribution in [0.25, 0.3) is 17.0 Å². The third-order valence-corrected chi connectivity index (χ3v) is 6.70. The first-order valence-corrected chi connectivity index (χ1v) is 12.2. The van der Waals surface area contributed by atoms with E-state index < -0.39 is 23.8 Å². The average molecular weight is 525 g/mol. The van der Waals surface area contributed by atoms with Gasteiger partial charge in [-0.2, -0.15) is 13.2 Å². The standard InChI is InChI=1S/C26H27F3N8O/c1-17-3-4-20(32-25(38)18-5-6-31-24(12-18)26(27,28)29)13-23(17)37-16-22(33-34-37)19-11-21(15-30-14-19)36-9-7-35(2)8-10-36/h3,5-6,11-16,20H,4,7-10H2,1-2H3,(H,32,38). The number of alkyl halides is 3. The number of amides is 1. The predicted molar refractivity (Wildman–Crippen MR) is 136 cm³/mol. The molecular weight excluding hydrogens is 497 g/mol. The number of rotatable bonds is 5. The Morgan fingerprint density at radius 2 is 1.92 bits per heavy atom. The highest BCUT2D eigenvalue weighted by Gasteiger charge is 2.33. The molecule has 1 atom stereocenters. The molecule has 198 valence electrons. The fourth-order valence-corrected chi connectivity index (χ4v) is 4.45. The summed E-state index contributed by atoms with van der Waals surface area (Å²) >= 11 is 0. The Kier molecular flexibility index (Phi) is 6.98. The van der Waals surface area contributed by atoms with Gasteiger partial charge in [0.2, 0.25) is 0 Å². The molecule has 0 radical (unpaired) electrons. The number of halogens is 3. The normalized spacial score (nSPS) is 18.7. The molecule has 0 saturated carbocycles. The largest absolute Gasteiger partial charge is 0.433 e. The number of anilines is 1. The molecular formula is C26H27F3N8O. The molecule has 0 bridgehead atoms. The van der Waals surface area contributed by atoms with Crippen LogP contribution in [0.15, 0.2) is 60.7 Å². The summed E-state index contributed by atoms with van der Waals surface area (Å²) in [6.07, 6.45) is 6.03. The smallest absolute Gasteiger partial charge is 0.368 e. The lowest BCUT2D eigenvalue weighted by Gasteiger charge is -2.33. The number of allylic oxidation sites excluding steroid dienone is 2. The van der Waals surface area contributed by atoms with Crippen molar-refractivity contribution in [3.05, 3.63) is 72.0 Å². The maximum atomic E-state index is 13.0. The van der Waals surface area contributed by atoms with Gasteiger partial charge in [-0.15, -0.1) is 5.10 Å². The van der Waals surface area contributed by atoms with Crippen LogP contribution in [0, 0.1) is 0 Å². The van der Waals surface area contributed by atoms with Crippen LogP contribution in [0.4, 0.5) is 18.9 Å². The molecule has 12 heteroatoms. The zero-order chi connectivity index (χ0) is 26.9. The summed E-state index contributed by atoms with van der Waals surface area (Å²) in [4.78, 5) is 25.0. The Balaban J connectivity index is 1.32. The topological polar surface area (TPSA) is 92.1 Å². The van der Waals surface area contributed by atoms with Crippen molar-refractivity contribution in [1.29, 1.82) is 0 Å². The van der Waals surface area contributed by atoms with Crippen molar-refractivity contribution < 1.29 is 18.0 Å². The first-order valence-electron chi connectivity index (χ1n) is 12.2. The highest BCUT2D eigenvalue weighted by molar-refractivity contribution is 5.94. The van der Waals surface area contributed by atoms with Crippen LogP contribution in [0.1, 0.15) is 29.4 Å². The molecule has 0 aromatic carbocycles. The molecule has 9 nitrogen and oxygen atoms in total. The Bertz CT molecular complexity index is 1390. The van der Waals surface area contributed by atoms with Gasteiger partial charge in [0, 0.05) is 49.7 Å². The second-order valence-corrected chi connectivity index (χ2v) is 9.45. The minimum atomic E-state index is -4.63. The van der Waals surface area contributed by atoms with Crippen LogP contribution in [0.2, 0.25) is 0 Å². The molecule has 2 aliphatic rings. The molecule has 38 heavy (non-hydrogen) atoms. The highest BCUT2D eigenvalue weighted by atomic mass is 19.4. The van der Waals surface area contributed by atoms with Gasteiger partial charge in [0.25, 0.3) is 5.91 Å². The average Bonchev–Trinajstić information content (AvgIpc) is 3.40. The number of piperazine rings is 1.